The summed E-state index contributed by atoms with van der Waals surface area (Å²) >= 11 is 12.1. The average molecular weight is 417 g/mol. The summed E-state index contributed by atoms with van der Waals surface area (Å²) in [7, 11) is 0. The molecule has 8 heteroatoms. The van der Waals surface area contributed by atoms with Crippen molar-refractivity contribution in [2.75, 3.05) is 6.61 Å². The van der Waals surface area contributed by atoms with Crippen LogP contribution in [0, 0.1) is 0 Å². The highest BCUT2D eigenvalue weighted by Gasteiger charge is 2.27. The third-order valence-corrected chi connectivity index (χ3v) is 4.54. The van der Waals surface area contributed by atoms with E-state index in [0.29, 0.717) is 38.6 Å². The van der Waals surface area contributed by atoms with Gasteiger partial charge in [-0.15, -0.1) is 0 Å². The standard InChI is InChI=1S/C20H14Cl2N2O4/c21-12-5-7-14(15(22)9-12)16-8-6-13(27-16)10-23-24-20(25)19-11-26-17-3-1-2-4-18(17)28-19/h1-10,19H,11H2,(H,24,25)/b23-10-/t19-/m0/s1. The van der Waals surface area contributed by atoms with Crippen LogP contribution in [0.1, 0.15) is 5.76 Å². The minimum Gasteiger partial charge on any atom is -0.485 e. The molecule has 6 nitrogen and oxygen atoms in total. The molecule has 0 saturated carbocycles. The predicted molar refractivity (Wildman–Crippen MR) is 106 cm³/mol. The molecule has 1 aromatic heterocycles. The van der Waals surface area contributed by atoms with E-state index in [9.17, 15) is 4.79 Å². The summed E-state index contributed by atoms with van der Waals surface area (Å²) in [5, 5.41) is 4.93. The van der Waals surface area contributed by atoms with E-state index in [1.165, 1.54) is 6.21 Å². The Labute approximate surface area is 170 Å². The Bertz CT molecular complexity index is 1050. The first-order valence-electron chi connectivity index (χ1n) is 8.37. The van der Waals surface area contributed by atoms with Gasteiger partial charge in [-0.25, -0.2) is 5.43 Å². The number of carbonyl (C=O) groups excluding carboxylic acids is 1. The van der Waals surface area contributed by atoms with Crippen molar-refractivity contribution in [3.8, 4) is 22.8 Å². The second-order valence-electron chi connectivity index (χ2n) is 5.92. The number of nitrogens with one attached hydrogen (secondary N) is 1. The molecule has 0 fully saturated rings. The zero-order chi connectivity index (χ0) is 19.5. The van der Waals surface area contributed by atoms with Gasteiger partial charge in [-0.3, -0.25) is 4.79 Å². The van der Waals surface area contributed by atoms with Gasteiger partial charge in [0.25, 0.3) is 5.91 Å². The number of para-hydroxylation sites is 2. The van der Waals surface area contributed by atoms with Gasteiger partial charge in [0.15, 0.2) is 11.5 Å². The smallest absolute Gasteiger partial charge is 0.284 e. The van der Waals surface area contributed by atoms with Crippen molar-refractivity contribution in [2.24, 2.45) is 5.10 Å². The Morgan fingerprint density at radius 3 is 2.75 bits per heavy atom. The fraction of sp³-hybridized carbons (Fsp3) is 0.100. The Morgan fingerprint density at radius 1 is 1.11 bits per heavy atom. The van der Waals surface area contributed by atoms with E-state index in [-0.39, 0.29) is 6.61 Å². The highest BCUT2D eigenvalue weighted by molar-refractivity contribution is 6.36. The number of rotatable bonds is 4. The van der Waals surface area contributed by atoms with E-state index >= 15 is 0 Å². The monoisotopic (exact) mass is 416 g/mol. The van der Waals surface area contributed by atoms with Gasteiger partial charge in [-0.2, -0.15) is 5.10 Å². The molecule has 0 aliphatic carbocycles. The van der Waals surface area contributed by atoms with E-state index in [4.69, 9.17) is 37.1 Å². The third kappa shape index (κ3) is 3.98. The van der Waals surface area contributed by atoms with Crippen molar-refractivity contribution in [3.05, 3.63) is 70.4 Å². The Hall–Kier alpha value is -2.96. The Balaban J connectivity index is 1.38. The van der Waals surface area contributed by atoms with E-state index in [1.807, 2.05) is 12.1 Å². The van der Waals surface area contributed by atoms with Gasteiger partial charge in [0.2, 0.25) is 6.10 Å². The van der Waals surface area contributed by atoms with E-state index < -0.39 is 12.0 Å². The molecular weight excluding hydrogens is 403 g/mol. The van der Waals surface area contributed by atoms with Crippen LogP contribution in [-0.2, 0) is 4.79 Å². The lowest BCUT2D eigenvalue weighted by atomic mass is 10.2. The van der Waals surface area contributed by atoms with E-state index in [0.717, 1.165) is 0 Å². The molecule has 1 N–H and O–H groups in total. The first-order chi connectivity index (χ1) is 13.6. The molecule has 3 aromatic rings. The Kier molecular flexibility index (Phi) is 5.23. The maximum Gasteiger partial charge on any atom is 0.284 e. The largest absolute Gasteiger partial charge is 0.485 e. The molecule has 142 valence electrons. The first-order valence-corrected chi connectivity index (χ1v) is 9.12. The van der Waals surface area contributed by atoms with Crippen LogP contribution in [0.2, 0.25) is 10.0 Å². The second-order valence-corrected chi connectivity index (χ2v) is 6.77. The molecule has 1 aliphatic heterocycles. The normalized spacial score (nSPS) is 15.6. The fourth-order valence-electron chi connectivity index (χ4n) is 2.64. The number of hydrogen-bond donors (Lipinski definition) is 1. The molecule has 1 amide bonds. The molecule has 0 saturated heterocycles. The summed E-state index contributed by atoms with van der Waals surface area (Å²) in [5.41, 5.74) is 3.13. The number of benzene rings is 2. The van der Waals surface area contributed by atoms with Gasteiger partial charge in [0, 0.05) is 10.6 Å². The molecule has 4 rings (SSSR count). The number of hydrazone groups is 1. The number of halogens is 2. The predicted octanol–water partition coefficient (Wildman–Crippen LogP) is 4.54. The van der Waals surface area contributed by atoms with Gasteiger partial charge in [-0.1, -0.05) is 35.3 Å². The van der Waals surface area contributed by atoms with Crippen LogP contribution >= 0.6 is 23.2 Å². The van der Waals surface area contributed by atoms with Crippen LogP contribution in [0.3, 0.4) is 0 Å². The summed E-state index contributed by atoms with van der Waals surface area (Å²) < 4.78 is 16.8. The molecule has 28 heavy (non-hydrogen) atoms. The summed E-state index contributed by atoms with van der Waals surface area (Å²) in [4.78, 5) is 12.2. The van der Waals surface area contributed by atoms with Crippen LogP contribution < -0.4 is 14.9 Å². The Morgan fingerprint density at radius 2 is 1.93 bits per heavy atom. The molecule has 2 heterocycles. The van der Waals surface area contributed by atoms with Gasteiger partial charge in [0.1, 0.15) is 18.1 Å². The molecule has 0 bridgehead atoms. The van der Waals surface area contributed by atoms with Crippen molar-refractivity contribution in [2.45, 2.75) is 6.10 Å². The van der Waals surface area contributed by atoms with Crippen molar-refractivity contribution in [1.29, 1.82) is 0 Å². The number of nitrogens with zero attached hydrogens (tertiary/aromatic N) is 1. The van der Waals surface area contributed by atoms with Gasteiger partial charge < -0.3 is 13.9 Å². The SMILES string of the molecule is O=C(N/N=C\c1ccc(-c2ccc(Cl)cc2Cl)o1)[C@@H]1COc2ccccc2O1. The molecule has 1 atom stereocenters. The highest BCUT2D eigenvalue weighted by Crippen LogP contribution is 2.32. The molecular formula is C20H14Cl2N2O4. The lowest BCUT2D eigenvalue weighted by molar-refractivity contribution is -0.130. The number of furan rings is 1. The number of fused-ring (bicyclic) bond motifs is 1. The molecule has 2 aromatic carbocycles. The number of amides is 1. The number of hydrogen-bond acceptors (Lipinski definition) is 5. The summed E-state index contributed by atoms with van der Waals surface area (Å²) in [6.45, 7) is 0.109. The summed E-state index contributed by atoms with van der Waals surface area (Å²) in [5.74, 6) is 1.73. The zero-order valence-corrected chi connectivity index (χ0v) is 15.9. The minimum absolute atomic E-state index is 0.109. The van der Waals surface area contributed by atoms with Crippen LogP contribution in [0.4, 0.5) is 0 Å². The zero-order valence-electron chi connectivity index (χ0n) is 14.4. The fourth-order valence-corrected chi connectivity index (χ4v) is 3.14. The maximum absolute atomic E-state index is 12.2. The van der Waals surface area contributed by atoms with Crippen LogP contribution in [0.5, 0.6) is 11.5 Å². The minimum atomic E-state index is -0.785. The molecule has 0 radical (unpaired) electrons. The first kappa shape index (κ1) is 18.4. The maximum atomic E-state index is 12.2. The van der Waals surface area contributed by atoms with E-state index in [2.05, 4.69) is 10.5 Å². The number of ether oxygens (including phenoxy) is 2. The van der Waals surface area contributed by atoms with Gasteiger partial charge in [0.05, 0.1) is 11.2 Å². The number of carbonyl (C=O) groups is 1. The van der Waals surface area contributed by atoms with E-state index in [1.54, 1.807) is 42.5 Å². The summed E-state index contributed by atoms with van der Waals surface area (Å²) in [6, 6.07) is 15.8. The molecule has 0 unspecified atom stereocenters. The second kappa shape index (κ2) is 7.96. The van der Waals surface area contributed by atoms with Gasteiger partial charge >= 0.3 is 0 Å². The van der Waals surface area contributed by atoms with Crippen LogP contribution in [0.25, 0.3) is 11.3 Å². The molecule has 1 aliphatic rings. The average Bonchev–Trinajstić information content (AvgIpc) is 3.16. The summed E-state index contributed by atoms with van der Waals surface area (Å²) in [6.07, 6.45) is 0.607. The van der Waals surface area contributed by atoms with Crippen molar-refractivity contribution in [1.82, 2.24) is 5.43 Å². The lowest BCUT2D eigenvalue weighted by Gasteiger charge is -2.24. The molecule has 0 spiro atoms. The topological polar surface area (TPSA) is 73.1 Å². The quantitative estimate of drug-likeness (QED) is 0.500. The lowest BCUT2D eigenvalue weighted by Crippen LogP contribution is -2.42. The van der Waals surface area contributed by atoms with Crippen LogP contribution in [-0.4, -0.2) is 24.8 Å². The van der Waals surface area contributed by atoms with Crippen molar-refractivity contribution in [3.63, 3.8) is 0 Å². The third-order valence-electron chi connectivity index (χ3n) is 3.99. The van der Waals surface area contributed by atoms with Crippen molar-refractivity contribution >= 4 is 35.3 Å². The van der Waals surface area contributed by atoms with Gasteiger partial charge in [-0.05, 0) is 42.5 Å². The highest BCUT2D eigenvalue weighted by atomic mass is 35.5. The van der Waals surface area contributed by atoms with Crippen molar-refractivity contribution < 1.29 is 18.7 Å². The van der Waals surface area contributed by atoms with Crippen LogP contribution in [0.15, 0.2) is 64.1 Å².